The van der Waals surface area contributed by atoms with Crippen molar-refractivity contribution in [3.63, 3.8) is 0 Å². The Kier molecular flexibility index (Phi) is 3.68. The van der Waals surface area contributed by atoms with Crippen LogP contribution in [0, 0.1) is 0 Å². The van der Waals surface area contributed by atoms with Crippen LogP contribution in [0.2, 0.25) is 0 Å². The fourth-order valence-corrected chi connectivity index (χ4v) is 1.08. The smallest absolute Gasteiger partial charge is 0.233 e. The van der Waals surface area contributed by atoms with Crippen molar-refractivity contribution in [2.45, 2.75) is 6.92 Å². The number of rotatable bonds is 4. The predicted molar refractivity (Wildman–Crippen MR) is 55.6 cm³/mol. The molecule has 0 aromatic heterocycles. The number of carbonyl (C=O) groups is 3. The van der Waals surface area contributed by atoms with Gasteiger partial charge in [-0.2, -0.15) is 0 Å². The number of allylic oxidation sites excluding steroid dienone is 2. The van der Waals surface area contributed by atoms with Gasteiger partial charge in [0.2, 0.25) is 11.6 Å². The molecule has 0 saturated heterocycles. The van der Waals surface area contributed by atoms with Gasteiger partial charge in [0, 0.05) is 11.1 Å². The molecule has 0 atom stereocenters. The number of hydrogen-bond donors (Lipinski definition) is 0. The van der Waals surface area contributed by atoms with Crippen molar-refractivity contribution in [2.24, 2.45) is 0 Å². The second kappa shape index (κ2) is 5.00. The van der Waals surface area contributed by atoms with Gasteiger partial charge in [-0.25, -0.2) is 0 Å². The standard InChI is InChI=1S/C12H10O3/c1-9(7-8-13)11(14)12(15)10-5-3-2-4-6-10/h2-8H,1H3/b9-7+. The third-order valence-corrected chi connectivity index (χ3v) is 1.92. The van der Waals surface area contributed by atoms with E-state index in [-0.39, 0.29) is 5.57 Å². The molecule has 15 heavy (non-hydrogen) atoms. The van der Waals surface area contributed by atoms with Crippen LogP contribution in [0.5, 0.6) is 0 Å². The van der Waals surface area contributed by atoms with Crippen LogP contribution in [0.25, 0.3) is 0 Å². The van der Waals surface area contributed by atoms with Crippen LogP contribution >= 0.6 is 0 Å². The highest BCUT2D eigenvalue weighted by Gasteiger charge is 2.16. The summed E-state index contributed by atoms with van der Waals surface area (Å²) in [6.07, 6.45) is 1.58. The van der Waals surface area contributed by atoms with Crippen molar-refractivity contribution < 1.29 is 14.4 Å². The fraction of sp³-hybridized carbons (Fsp3) is 0.0833. The van der Waals surface area contributed by atoms with E-state index >= 15 is 0 Å². The minimum absolute atomic E-state index is 0.152. The van der Waals surface area contributed by atoms with Gasteiger partial charge in [-0.15, -0.1) is 0 Å². The molecule has 0 heterocycles. The topological polar surface area (TPSA) is 51.2 Å². The van der Waals surface area contributed by atoms with Crippen LogP contribution in [-0.4, -0.2) is 17.9 Å². The Labute approximate surface area is 87.4 Å². The minimum atomic E-state index is -0.645. The number of hydrogen-bond acceptors (Lipinski definition) is 3. The van der Waals surface area contributed by atoms with Gasteiger partial charge in [-0.05, 0) is 13.0 Å². The summed E-state index contributed by atoms with van der Waals surface area (Å²) in [5.74, 6) is -1.24. The molecule has 1 aromatic rings. The molecule has 3 heteroatoms. The minimum Gasteiger partial charge on any atom is -0.299 e. The molecule has 0 aliphatic rings. The summed E-state index contributed by atoms with van der Waals surface area (Å²) < 4.78 is 0. The summed E-state index contributed by atoms with van der Waals surface area (Å²) >= 11 is 0. The van der Waals surface area contributed by atoms with Gasteiger partial charge in [0.25, 0.3) is 0 Å². The van der Waals surface area contributed by atoms with E-state index in [4.69, 9.17) is 0 Å². The lowest BCUT2D eigenvalue weighted by molar-refractivity contribution is -0.112. The van der Waals surface area contributed by atoms with Crippen molar-refractivity contribution in [3.8, 4) is 0 Å². The van der Waals surface area contributed by atoms with Gasteiger partial charge in [0.1, 0.15) is 6.29 Å². The van der Waals surface area contributed by atoms with E-state index in [1.54, 1.807) is 30.3 Å². The summed E-state index contributed by atoms with van der Waals surface area (Å²) in [4.78, 5) is 33.2. The number of aldehydes is 1. The summed E-state index contributed by atoms with van der Waals surface area (Å²) in [6.45, 7) is 1.44. The molecule has 0 fully saturated rings. The third-order valence-electron chi connectivity index (χ3n) is 1.92. The van der Waals surface area contributed by atoms with Gasteiger partial charge < -0.3 is 0 Å². The predicted octanol–water partition coefficient (Wildman–Crippen LogP) is 1.58. The van der Waals surface area contributed by atoms with Crippen LogP contribution in [0.1, 0.15) is 17.3 Å². The van der Waals surface area contributed by atoms with Crippen LogP contribution < -0.4 is 0 Å². The maximum Gasteiger partial charge on any atom is 0.233 e. The average Bonchev–Trinajstić information content (AvgIpc) is 2.28. The van der Waals surface area contributed by atoms with Gasteiger partial charge in [0.05, 0.1) is 0 Å². The molecule has 0 unspecified atom stereocenters. The quantitative estimate of drug-likeness (QED) is 0.322. The van der Waals surface area contributed by atoms with Crippen molar-refractivity contribution in [3.05, 3.63) is 47.5 Å². The first kappa shape index (κ1) is 11.0. The highest BCUT2D eigenvalue weighted by atomic mass is 16.2. The molecule has 0 amide bonds. The second-order valence-corrected chi connectivity index (χ2v) is 3.01. The first-order valence-electron chi connectivity index (χ1n) is 4.43. The molecule has 1 rings (SSSR count). The molecule has 0 aliphatic carbocycles. The van der Waals surface area contributed by atoms with E-state index in [2.05, 4.69) is 0 Å². The van der Waals surface area contributed by atoms with Gasteiger partial charge in [0.15, 0.2) is 0 Å². The third kappa shape index (κ3) is 2.71. The summed E-state index contributed by atoms with van der Waals surface area (Å²) in [5.41, 5.74) is 0.486. The maximum absolute atomic E-state index is 11.6. The zero-order valence-corrected chi connectivity index (χ0v) is 8.27. The summed E-state index contributed by atoms with van der Waals surface area (Å²) in [6, 6.07) is 8.25. The lowest BCUT2D eigenvalue weighted by Gasteiger charge is -1.98. The van der Waals surface area contributed by atoms with Crippen LogP contribution in [0.15, 0.2) is 42.0 Å². The van der Waals surface area contributed by atoms with Gasteiger partial charge >= 0.3 is 0 Å². The Morgan fingerprint density at radius 1 is 1.13 bits per heavy atom. The fourth-order valence-electron chi connectivity index (χ4n) is 1.08. The Hall–Kier alpha value is -2.03. The van der Waals surface area contributed by atoms with Crippen LogP contribution in [-0.2, 0) is 9.59 Å². The zero-order valence-electron chi connectivity index (χ0n) is 8.27. The summed E-state index contributed by atoms with van der Waals surface area (Å²) in [5, 5.41) is 0. The zero-order chi connectivity index (χ0) is 11.3. The molecular weight excluding hydrogens is 192 g/mol. The van der Waals surface area contributed by atoms with E-state index in [9.17, 15) is 14.4 Å². The van der Waals surface area contributed by atoms with Crippen molar-refractivity contribution in [2.75, 3.05) is 0 Å². The number of carbonyl (C=O) groups excluding carboxylic acids is 3. The Bertz CT molecular complexity index is 416. The lowest BCUT2D eigenvalue weighted by atomic mass is 10.0. The number of ketones is 2. The average molecular weight is 202 g/mol. The first-order chi connectivity index (χ1) is 7.16. The Balaban J connectivity index is 2.92. The first-order valence-corrected chi connectivity index (χ1v) is 4.43. The Morgan fingerprint density at radius 3 is 2.27 bits per heavy atom. The normalized spacial score (nSPS) is 10.9. The monoisotopic (exact) mass is 202 g/mol. The molecule has 3 nitrogen and oxygen atoms in total. The number of benzene rings is 1. The highest BCUT2D eigenvalue weighted by Crippen LogP contribution is 2.05. The molecule has 0 radical (unpaired) electrons. The van der Waals surface area contributed by atoms with Crippen molar-refractivity contribution in [1.82, 2.24) is 0 Å². The van der Waals surface area contributed by atoms with Crippen LogP contribution in [0.4, 0.5) is 0 Å². The molecular formula is C12H10O3. The molecule has 0 aliphatic heterocycles. The molecule has 0 spiro atoms. The highest BCUT2D eigenvalue weighted by molar-refractivity contribution is 6.49. The largest absolute Gasteiger partial charge is 0.299 e. The van der Waals surface area contributed by atoms with E-state index < -0.39 is 11.6 Å². The maximum atomic E-state index is 11.6. The summed E-state index contributed by atoms with van der Waals surface area (Å²) in [7, 11) is 0. The number of Topliss-reactive ketones (excluding diaryl/α,β-unsaturated/α-hetero) is 2. The SMILES string of the molecule is C/C(=C\C=O)C(=O)C(=O)c1ccccc1. The van der Waals surface area contributed by atoms with E-state index in [1.807, 2.05) is 0 Å². The Morgan fingerprint density at radius 2 is 1.73 bits per heavy atom. The molecule has 1 aromatic carbocycles. The molecule has 0 N–H and O–H groups in total. The van der Waals surface area contributed by atoms with Crippen molar-refractivity contribution in [1.29, 1.82) is 0 Å². The lowest BCUT2D eigenvalue weighted by Crippen LogP contribution is -2.15. The van der Waals surface area contributed by atoms with Crippen LogP contribution in [0.3, 0.4) is 0 Å². The molecule has 0 bridgehead atoms. The molecule has 76 valence electrons. The van der Waals surface area contributed by atoms with E-state index in [0.717, 1.165) is 6.08 Å². The van der Waals surface area contributed by atoms with Gasteiger partial charge in [-0.3, -0.25) is 14.4 Å². The second-order valence-electron chi connectivity index (χ2n) is 3.01. The van der Waals surface area contributed by atoms with Crippen molar-refractivity contribution >= 4 is 17.9 Å². The van der Waals surface area contributed by atoms with E-state index in [0.29, 0.717) is 11.8 Å². The molecule has 0 saturated carbocycles. The van der Waals surface area contributed by atoms with Gasteiger partial charge in [-0.1, -0.05) is 30.3 Å². The van der Waals surface area contributed by atoms with E-state index in [1.165, 1.54) is 6.92 Å².